The summed E-state index contributed by atoms with van der Waals surface area (Å²) in [5.41, 5.74) is 1.59. The molecule has 0 atom stereocenters. The van der Waals surface area contributed by atoms with Gasteiger partial charge in [-0.3, -0.25) is 0 Å². The fourth-order valence-corrected chi connectivity index (χ4v) is 2.50. The van der Waals surface area contributed by atoms with Crippen LogP contribution in [0, 0.1) is 0 Å². The second kappa shape index (κ2) is 13.3. The summed E-state index contributed by atoms with van der Waals surface area (Å²) in [5, 5.41) is 8.54. The molecule has 0 heterocycles. The molecule has 0 spiro atoms. The van der Waals surface area contributed by atoms with Gasteiger partial charge in [0, 0.05) is 0 Å². The molecule has 2 aromatic rings. The summed E-state index contributed by atoms with van der Waals surface area (Å²) in [5.74, 6) is 1.71. The molecule has 2 rings (SSSR count). The molecule has 0 aliphatic rings. The number of hydrogen-bond acceptors (Lipinski definition) is 4. The van der Waals surface area contributed by atoms with E-state index in [1.54, 1.807) is 0 Å². The first-order valence-corrected chi connectivity index (χ1v) is 9.91. The predicted octanol–water partition coefficient (Wildman–Crippen LogP) is 7.57. The van der Waals surface area contributed by atoms with Crippen LogP contribution in [-0.4, -0.2) is 13.2 Å². The molecular weight excluding hydrogens is 348 g/mol. The molecule has 0 aromatic heterocycles. The number of ether oxygens (including phenoxy) is 2. The Hall–Kier alpha value is -2.88. The van der Waals surface area contributed by atoms with Gasteiger partial charge in [-0.2, -0.15) is 10.2 Å². The van der Waals surface area contributed by atoms with Gasteiger partial charge in [-0.05, 0) is 87.1 Å². The number of rotatable bonds is 14. The van der Waals surface area contributed by atoms with E-state index in [0.29, 0.717) is 0 Å². The highest BCUT2D eigenvalue weighted by atomic mass is 16.5. The molecule has 0 unspecified atom stereocenters. The zero-order valence-electron chi connectivity index (χ0n) is 16.6. The second-order valence-corrected chi connectivity index (χ2v) is 6.45. The second-order valence-electron chi connectivity index (χ2n) is 6.45. The van der Waals surface area contributed by atoms with E-state index in [9.17, 15) is 0 Å². The van der Waals surface area contributed by atoms with E-state index < -0.39 is 0 Å². The van der Waals surface area contributed by atoms with Crippen molar-refractivity contribution in [2.45, 2.75) is 38.5 Å². The van der Waals surface area contributed by atoms with Gasteiger partial charge >= 0.3 is 0 Å². The average molecular weight is 379 g/mol. The largest absolute Gasteiger partial charge is 0.494 e. The van der Waals surface area contributed by atoms with Crippen molar-refractivity contribution in [1.82, 2.24) is 0 Å². The molecule has 2 aromatic carbocycles. The van der Waals surface area contributed by atoms with E-state index in [-0.39, 0.29) is 0 Å². The van der Waals surface area contributed by atoms with Crippen molar-refractivity contribution < 1.29 is 9.47 Å². The van der Waals surface area contributed by atoms with Gasteiger partial charge < -0.3 is 9.47 Å². The lowest BCUT2D eigenvalue weighted by Gasteiger charge is -2.06. The number of azo groups is 1. The maximum Gasteiger partial charge on any atom is 0.119 e. The van der Waals surface area contributed by atoms with E-state index in [1.807, 2.05) is 60.7 Å². The molecule has 0 saturated carbocycles. The quantitative estimate of drug-likeness (QED) is 0.193. The third kappa shape index (κ3) is 8.67. The first kappa shape index (κ1) is 21.4. The zero-order valence-corrected chi connectivity index (χ0v) is 16.6. The minimum absolute atomic E-state index is 0.720. The minimum atomic E-state index is 0.720. The van der Waals surface area contributed by atoms with Crippen LogP contribution in [0.4, 0.5) is 11.4 Å². The van der Waals surface area contributed by atoms with Gasteiger partial charge in [0.15, 0.2) is 0 Å². The van der Waals surface area contributed by atoms with Gasteiger partial charge in [0.25, 0.3) is 0 Å². The van der Waals surface area contributed by atoms with Crippen molar-refractivity contribution in [3.05, 3.63) is 73.8 Å². The molecule has 0 aliphatic carbocycles. The van der Waals surface area contributed by atoms with Crippen LogP contribution in [0.2, 0.25) is 0 Å². The first-order chi connectivity index (χ1) is 13.8. The van der Waals surface area contributed by atoms with Gasteiger partial charge in [-0.15, -0.1) is 13.2 Å². The Morgan fingerprint density at radius 2 is 1.00 bits per heavy atom. The van der Waals surface area contributed by atoms with Gasteiger partial charge in [-0.1, -0.05) is 12.2 Å². The topological polar surface area (TPSA) is 43.2 Å². The number of benzene rings is 2. The summed E-state index contributed by atoms with van der Waals surface area (Å²) in [6, 6.07) is 15.3. The number of allylic oxidation sites excluding steroid dienone is 2. The van der Waals surface area contributed by atoms with Crippen LogP contribution in [0.25, 0.3) is 0 Å². The molecule has 0 bridgehead atoms. The van der Waals surface area contributed by atoms with Crippen LogP contribution in [0.5, 0.6) is 11.5 Å². The number of hydrogen-bond donors (Lipinski definition) is 0. The fraction of sp³-hybridized carbons (Fsp3) is 0.333. The van der Waals surface area contributed by atoms with Crippen molar-refractivity contribution in [1.29, 1.82) is 0 Å². The Labute approximate surface area is 168 Å². The summed E-state index contributed by atoms with van der Waals surface area (Å²) < 4.78 is 11.4. The summed E-state index contributed by atoms with van der Waals surface area (Å²) in [6.07, 6.45) is 10.2. The smallest absolute Gasteiger partial charge is 0.119 e. The zero-order chi connectivity index (χ0) is 19.9. The average Bonchev–Trinajstić information content (AvgIpc) is 2.74. The lowest BCUT2D eigenvalue weighted by Crippen LogP contribution is -1.96. The SMILES string of the molecule is C=CCCCCOc1ccc(N=Nc2ccc(OCCCCC=C)cc2)cc1. The van der Waals surface area contributed by atoms with Crippen molar-refractivity contribution >= 4 is 11.4 Å². The highest BCUT2D eigenvalue weighted by Crippen LogP contribution is 2.23. The molecule has 4 nitrogen and oxygen atoms in total. The Bertz CT molecular complexity index is 658. The van der Waals surface area contributed by atoms with Crippen LogP contribution >= 0.6 is 0 Å². The highest BCUT2D eigenvalue weighted by Gasteiger charge is 1.97. The van der Waals surface area contributed by atoms with Crippen LogP contribution in [-0.2, 0) is 0 Å². The Kier molecular flexibility index (Phi) is 10.2. The van der Waals surface area contributed by atoms with Gasteiger partial charge in [0.05, 0.1) is 24.6 Å². The summed E-state index contributed by atoms with van der Waals surface area (Å²) in [4.78, 5) is 0. The standard InChI is InChI=1S/C24H30N2O2/c1-3-5-7-9-19-27-23-15-11-21(12-16-23)25-26-22-13-17-24(18-14-22)28-20-10-8-6-4-2/h3-4,11-18H,1-2,5-10,19-20H2. The van der Waals surface area contributed by atoms with E-state index in [0.717, 1.165) is 74.6 Å². The van der Waals surface area contributed by atoms with E-state index >= 15 is 0 Å². The first-order valence-electron chi connectivity index (χ1n) is 9.91. The summed E-state index contributed by atoms with van der Waals surface area (Å²) in [7, 11) is 0. The van der Waals surface area contributed by atoms with Crippen LogP contribution in [0.3, 0.4) is 0 Å². The number of nitrogens with zero attached hydrogens (tertiary/aromatic N) is 2. The molecular formula is C24H30N2O2. The lowest BCUT2D eigenvalue weighted by molar-refractivity contribution is 0.307. The Balaban J connectivity index is 1.74. The van der Waals surface area contributed by atoms with Crippen molar-refractivity contribution in [2.24, 2.45) is 10.2 Å². The maximum absolute atomic E-state index is 5.71. The van der Waals surface area contributed by atoms with Crippen molar-refractivity contribution in [3.8, 4) is 11.5 Å². The molecule has 0 fully saturated rings. The van der Waals surface area contributed by atoms with Crippen molar-refractivity contribution in [3.63, 3.8) is 0 Å². The predicted molar refractivity (Wildman–Crippen MR) is 116 cm³/mol. The summed E-state index contributed by atoms with van der Waals surface area (Å²) in [6.45, 7) is 8.88. The highest BCUT2D eigenvalue weighted by molar-refractivity contribution is 5.44. The van der Waals surface area contributed by atoms with E-state index in [4.69, 9.17) is 9.47 Å². The molecule has 0 N–H and O–H groups in total. The van der Waals surface area contributed by atoms with Crippen LogP contribution in [0.15, 0.2) is 84.1 Å². The lowest BCUT2D eigenvalue weighted by atomic mass is 10.2. The van der Waals surface area contributed by atoms with Gasteiger partial charge in [0.2, 0.25) is 0 Å². The third-order valence-electron chi connectivity index (χ3n) is 4.10. The molecule has 0 amide bonds. The number of unbranched alkanes of at least 4 members (excludes halogenated alkanes) is 4. The normalized spacial score (nSPS) is 10.7. The van der Waals surface area contributed by atoms with E-state index in [2.05, 4.69) is 23.4 Å². The Morgan fingerprint density at radius 3 is 1.36 bits per heavy atom. The van der Waals surface area contributed by atoms with Crippen LogP contribution in [0.1, 0.15) is 38.5 Å². The molecule has 148 valence electrons. The summed E-state index contributed by atoms with van der Waals surface area (Å²) >= 11 is 0. The third-order valence-corrected chi connectivity index (χ3v) is 4.10. The van der Waals surface area contributed by atoms with E-state index in [1.165, 1.54) is 0 Å². The molecule has 0 saturated heterocycles. The molecule has 0 aliphatic heterocycles. The van der Waals surface area contributed by atoms with Crippen LogP contribution < -0.4 is 9.47 Å². The maximum atomic E-state index is 5.71. The monoisotopic (exact) mass is 378 g/mol. The fourth-order valence-electron chi connectivity index (χ4n) is 2.50. The molecule has 28 heavy (non-hydrogen) atoms. The molecule has 0 radical (unpaired) electrons. The van der Waals surface area contributed by atoms with Crippen molar-refractivity contribution in [2.75, 3.05) is 13.2 Å². The van der Waals surface area contributed by atoms with Gasteiger partial charge in [-0.25, -0.2) is 0 Å². The van der Waals surface area contributed by atoms with Gasteiger partial charge in [0.1, 0.15) is 11.5 Å². The Morgan fingerprint density at radius 1 is 0.607 bits per heavy atom. The molecule has 4 heteroatoms. The minimum Gasteiger partial charge on any atom is -0.494 e.